The third-order valence-electron chi connectivity index (χ3n) is 4.37. The summed E-state index contributed by atoms with van der Waals surface area (Å²) < 4.78 is 4.67. The number of esters is 1. The SMILES string of the molecule is COC(=O)CCC1CSC(c2csc(C(=O)c3c[nH]c4ccccc34)n2)=N1. The fraction of sp³-hybridized carbons (Fsp3) is 0.263. The fourth-order valence-corrected chi connectivity index (χ4v) is 4.84. The van der Waals surface area contributed by atoms with Crippen LogP contribution in [0.25, 0.3) is 10.9 Å². The Morgan fingerprint density at radius 1 is 1.33 bits per heavy atom. The molecule has 8 heteroatoms. The van der Waals surface area contributed by atoms with Crippen LogP contribution in [0.15, 0.2) is 40.8 Å². The molecule has 1 aliphatic rings. The number of rotatable bonds is 6. The lowest BCUT2D eigenvalue weighted by atomic mass is 10.1. The molecule has 4 rings (SSSR count). The third kappa shape index (κ3) is 3.68. The minimum atomic E-state index is -0.219. The van der Waals surface area contributed by atoms with Crippen molar-refractivity contribution < 1.29 is 14.3 Å². The number of carbonyl (C=O) groups excluding carboxylic acids is 2. The molecule has 1 unspecified atom stereocenters. The number of ether oxygens (including phenoxy) is 1. The van der Waals surface area contributed by atoms with Crippen molar-refractivity contribution in [1.82, 2.24) is 9.97 Å². The Bertz CT molecular complexity index is 1040. The lowest BCUT2D eigenvalue weighted by Crippen LogP contribution is -2.08. The van der Waals surface area contributed by atoms with E-state index in [0.717, 1.165) is 27.4 Å². The Hall–Kier alpha value is -2.45. The molecule has 3 heterocycles. The summed E-state index contributed by atoms with van der Waals surface area (Å²) >= 11 is 2.94. The van der Waals surface area contributed by atoms with E-state index in [1.165, 1.54) is 18.4 Å². The van der Waals surface area contributed by atoms with E-state index in [1.807, 2.05) is 29.6 Å². The first kappa shape index (κ1) is 17.9. The summed E-state index contributed by atoms with van der Waals surface area (Å²) in [6.45, 7) is 0. The highest BCUT2D eigenvalue weighted by molar-refractivity contribution is 8.14. The number of methoxy groups -OCH3 is 1. The topological polar surface area (TPSA) is 84.4 Å². The summed E-state index contributed by atoms with van der Waals surface area (Å²) in [5.41, 5.74) is 2.29. The molecule has 3 aromatic rings. The van der Waals surface area contributed by atoms with Crippen molar-refractivity contribution >= 4 is 50.8 Å². The molecule has 0 aliphatic carbocycles. The Kier molecular flexibility index (Phi) is 5.09. The largest absolute Gasteiger partial charge is 0.469 e. The predicted molar refractivity (Wildman–Crippen MR) is 108 cm³/mol. The monoisotopic (exact) mass is 399 g/mol. The van der Waals surface area contributed by atoms with Crippen LogP contribution in [-0.4, -0.2) is 45.7 Å². The van der Waals surface area contributed by atoms with E-state index in [1.54, 1.807) is 18.0 Å². The average molecular weight is 399 g/mol. The number of aliphatic imine (C=N–C) groups is 1. The van der Waals surface area contributed by atoms with E-state index in [4.69, 9.17) is 0 Å². The average Bonchev–Trinajstić information content (AvgIpc) is 3.44. The maximum absolute atomic E-state index is 12.9. The highest BCUT2D eigenvalue weighted by Crippen LogP contribution is 2.28. The highest BCUT2D eigenvalue weighted by atomic mass is 32.2. The zero-order valence-corrected chi connectivity index (χ0v) is 16.2. The number of hydrogen-bond acceptors (Lipinski definition) is 7. The third-order valence-corrected chi connectivity index (χ3v) is 6.35. The molecule has 0 bridgehead atoms. The van der Waals surface area contributed by atoms with E-state index < -0.39 is 0 Å². The minimum absolute atomic E-state index is 0.0820. The van der Waals surface area contributed by atoms with Crippen LogP contribution in [0.5, 0.6) is 0 Å². The number of para-hydroxylation sites is 1. The van der Waals surface area contributed by atoms with Gasteiger partial charge in [0.2, 0.25) is 5.78 Å². The maximum Gasteiger partial charge on any atom is 0.305 e. The van der Waals surface area contributed by atoms with Crippen molar-refractivity contribution in [2.75, 3.05) is 12.9 Å². The van der Waals surface area contributed by atoms with Crippen molar-refractivity contribution in [3.05, 3.63) is 52.1 Å². The molecule has 138 valence electrons. The Morgan fingerprint density at radius 2 is 2.19 bits per heavy atom. The second kappa shape index (κ2) is 7.66. The normalized spacial score (nSPS) is 16.5. The molecule has 2 aromatic heterocycles. The lowest BCUT2D eigenvalue weighted by Gasteiger charge is -2.03. The first-order valence-corrected chi connectivity index (χ1v) is 10.4. The maximum atomic E-state index is 12.9. The summed E-state index contributed by atoms with van der Waals surface area (Å²) in [5, 5.41) is 4.06. The van der Waals surface area contributed by atoms with Gasteiger partial charge >= 0.3 is 5.97 Å². The number of fused-ring (bicyclic) bond motifs is 1. The number of benzene rings is 1. The number of hydrogen-bond donors (Lipinski definition) is 1. The number of nitrogens with zero attached hydrogens (tertiary/aromatic N) is 2. The molecule has 0 amide bonds. The molecule has 0 fully saturated rings. The predicted octanol–water partition coefficient (Wildman–Crippen LogP) is 3.67. The lowest BCUT2D eigenvalue weighted by molar-refractivity contribution is -0.140. The smallest absolute Gasteiger partial charge is 0.305 e. The van der Waals surface area contributed by atoms with Gasteiger partial charge in [0.1, 0.15) is 10.7 Å². The minimum Gasteiger partial charge on any atom is -0.469 e. The summed E-state index contributed by atoms with van der Waals surface area (Å²) in [7, 11) is 1.39. The van der Waals surface area contributed by atoms with E-state index in [2.05, 4.69) is 19.7 Å². The molecule has 1 atom stereocenters. The first-order valence-electron chi connectivity index (χ1n) is 8.50. The van der Waals surface area contributed by atoms with Gasteiger partial charge in [-0.15, -0.1) is 23.1 Å². The van der Waals surface area contributed by atoms with E-state index >= 15 is 0 Å². The van der Waals surface area contributed by atoms with E-state index in [0.29, 0.717) is 23.4 Å². The highest BCUT2D eigenvalue weighted by Gasteiger charge is 2.24. The number of nitrogens with one attached hydrogen (secondary N) is 1. The summed E-state index contributed by atoms with van der Waals surface area (Å²) in [6.07, 6.45) is 2.76. The Morgan fingerprint density at radius 3 is 3.04 bits per heavy atom. The molecular weight excluding hydrogens is 382 g/mol. The van der Waals surface area contributed by atoms with Gasteiger partial charge < -0.3 is 9.72 Å². The van der Waals surface area contributed by atoms with Crippen molar-refractivity contribution in [2.24, 2.45) is 4.99 Å². The van der Waals surface area contributed by atoms with Crippen molar-refractivity contribution in [2.45, 2.75) is 18.9 Å². The van der Waals surface area contributed by atoms with Gasteiger partial charge in [0.15, 0.2) is 5.01 Å². The Balaban J connectivity index is 1.50. The van der Waals surface area contributed by atoms with Crippen LogP contribution in [-0.2, 0) is 9.53 Å². The van der Waals surface area contributed by atoms with Gasteiger partial charge in [-0.2, -0.15) is 0 Å². The van der Waals surface area contributed by atoms with Gasteiger partial charge in [-0.25, -0.2) is 4.98 Å². The zero-order chi connectivity index (χ0) is 18.8. The van der Waals surface area contributed by atoms with Crippen LogP contribution in [0.2, 0.25) is 0 Å². The van der Waals surface area contributed by atoms with E-state index in [9.17, 15) is 9.59 Å². The van der Waals surface area contributed by atoms with Crippen LogP contribution in [0, 0.1) is 0 Å². The van der Waals surface area contributed by atoms with Crippen LogP contribution in [0.3, 0.4) is 0 Å². The van der Waals surface area contributed by atoms with Crippen molar-refractivity contribution in [1.29, 1.82) is 0 Å². The fourth-order valence-electron chi connectivity index (χ4n) is 2.94. The van der Waals surface area contributed by atoms with Crippen LogP contribution in [0.1, 0.15) is 33.9 Å². The van der Waals surface area contributed by atoms with Crippen molar-refractivity contribution in [3.8, 4) is 0 Å². The van der Waals surface area contributed by atoms with E-state index in [-0.39, 0.29) is 17.8 Å². The first-order chi connectivity index (χ1) is 13.2. The summed E-state index contributed by atoms with van der Waals surface area (Å²) in [5.74, 6) is 0.508. The number of H-pyrrole nitrogens is 1. The second-order valence-electron chi connectivity index (χ2n) is 6.13. The van der Waals surface area contributed by atoms with Gasteiger partial charge in [-0.05, 0) is 12.5 Å². The van der Waals surface area contributed by atoms with Gasteiger partial charge in [-0.1, -0.05) is 18.2 Å². The van der Waals surface area contributed by atoms with Crippen LogP contribution < -0.4 is 0 Å². The number of thioether (sulfide) groups is 1. The number of thiazole rings is 1. The van der Waals surface area contributed by atoms with Gasteiger partial charge in [0.05, 0.1) is 18.7 Å². The summed E-state index contributed by atoms with van der Waals surface area (Å²) in [4.78, 5) is 36.4. The molecule has 0 saturated heterocycles. The molecule has 6 nitrogen and oxygen atoms in total. The van der Waals surface area contributed by atoms with Gasteiger partial charge in [0.25, 0.3) is 0 Å². The van der Waals surface area contributed by atoms with Gasteiger partial charge in [-0.3, -0.25) is 14.6 Å². The molecule has 0 radical (unpaired) electrons. The molecule has 0 saturated carbocycles. The van der Waals surface area contributed by atoms with Crippen LogP contribution >= 0.6 is 23.1 Å². The Labute approximate surface area is 164 Å². The van der Waals surface area contributed by atoms with Crippen LogP contribution in [0.4, 0.5) is 0 Å². The number of aromatic amines is 1. The van der Waals surface area contributed by atoms with Crippen molar-refractivity contribution in [3.63, 3.8) is 0 Å². The summed E-state index contributed by atoms with van der Waals surface area (Å²) in [6, 6.07) is 7.80. The van der Waals surface area contributed by atoms with Gasteiger partial charge in [0, 0.05) is 34.7 Å². The second-order valence-corrected chi connectivity index (χ2v) is 8.00. The quantitative estimate of drug-likeness (QED) is 0.505. The molecule has 1 aromatic carbocycles. The molecule has 27 heavy (non-hydrogen) atoms. The standard InChI is InChI=1S/C19H17N3O3S2/c1-25-16(23)7-6-11-9-26-18(21-11)15-10-27-19(22-15)17(24)13-8-20-14-5-3-2-4-12(13)14/h2-5,8,10-11,20H,6-7,9H2,1H3. The number of ketones is 1. The molecule has 1 N–H and O–H groups in total. The molecular formula is C19H17N3O3S2. The zero-order valence-electron chi connectivity index (χ0n) is 14.6. The molecule has 0 spiro atoms. The molecule has 1 aliphatic heterocycles. The number of carbonyl (C=O) groups is 2. The number of aromatic nitrogens is 2.